The van der Waals surface area contributed by atoms with Gasteiger partial charge in [0.25, 0.3) is 0 Å². The molecule has 7 heteroatoms. The second kappa shape index (κ2) is 11.4. The third-order valence-electron chi connectivity index (χ3n) is 6.39. The van der Waals surface area contributed by atoms with Crippen molar-refractivity contribution in [1.29, 1.82) is 0 Å². The van der Waals surface area contributed by atoms with Gasteiger partial charge < -0.3 is 20.1 Å². The Balaban J connectivity index is 1.80. The summed E-state index contributed by atoms with van der Waals surface area (Å²) in [5, 5.41) is 5.89. The number of hydrogen-bond acceptors (Lipinski definition) is 6. The number of methoxy groups -OCH3 is 1. The van der Waals surface area contributed by atoms with Gasteiger partial charge in [0.15, 0.2) is 5.78 Å². The van der Waals surface area contributed by atoms with Crippen LogP contribution in [0.4, 0.5) is 0 Å². The molecule has 4 atom stereocenters. The van der Waals surface area contributed by atoms with Crippen LogP contribution in [0.2, 0.25) is 0 Å². The van der Waals surface area contributed by atoms with Crippen LogP contribution in [0.5, 0.6) is 5.75 Å². The zero-order valence-corrected chi connectivity index (χ0v) is 20.3. The quantitative estimate of drug-likeness (QED) is 0.441. The Morgan fingerprint density at radius 3 is 2.21 bits per heavy atom. The van der Waals surface area contributed by atoms with E-state index in [1.54, 1.807) is 28.0 Å². The van der Waals surface area contributed by atoms with E-state index in [-0.39, 0.29) is 29.9 Å². The highest BCUT2D eigenvalue weighted by Crippen LogP contribution is 2.29. The van der Waals surface area contributed by atoms with Gasteiger partial charge in [0.2, 0.25) is 5.91 Å². The predicted molar refractivity (Wildman–Crippen MR) is 130 cm³/mol. The fraction of sp³-hybridized carbons (Fsp3) is 0.444. The molecule has 0 aliphatic carbocycles. The first-order chi connectivity index (χ1) is 16.3. The number of carbonyl (C=O) groups excluding carboxylic acids is 3. The van der Waals surface area contributed by atoms with Gasteiger partial charge >= 0.3 is 0 Å². The van der Waals surface area contributed by atoms with E-state index in [1.807, 2.05) is 54.6 Å². The van der Waals surface area contributed by atoms with E-state index in [0.717, 1.165) is 16.9 Å². The minimum atomic E-state index is -0.866. The zero-order valence-electron chi connectivity index (χ0n) is 20.3. The molecule has 7 nitrogen and oxygen atoms in total. The minimum absolute atomic E-state index is 0.0559. The molecule has 0 bridgehead atoms. The molecule has 1 aliphatic heterocycles. The molecule has 2 aromatic carbocycles. The summed E-state index contributed by atoms with van der Waals surface area (Å²) in [6.07, 6.45) is 0.804. The number of ketones is 2. The first-order valence-corrected chi connectivity index (χ1v) is 11.6. The number of likely N-dealkylation sites (N-methyl/N-ethyl adjacent to an activating group) is 1. The molecule has 4 unspecified atom stereocenters. The van der Waals surface area contributed by atoms with Crippen molar-refractivity contribution in [2.75, 3.05) is 20.8 Å². The lowest BCUT2D eigenvalue weighted by atomic mass is 9.90. The number of hydrogen-bond donors (Lipinski definition) is 2. The molecule has 34 heavy (non-hydrogen) atoms. The smallest absolute Gasteiger partial charge is 0.224 e. The SMILES string of the molecule is CNC(C)C(=O)CC(Cc1ccc(OC)cc1)C(=O)NC(Cc1ccccc1)C(=O)C1(C)CO1. The van der Waals surface area contributed by atoms with Crippen LogP contribution in [0.1, 0.15) is 31.4 Å². The summed E-state index contributed by atoms with van der Waals surface area (Å²) in [6, 6.07) is 15.9. The summed E-state index contributed by atoms with van der Waals surface area (Å²) in [5.74, 6) is -0.417. The van der Waals surface area contributed by atoms with Gasteiger partial charge in [-0.3, -0.25) is 14.4 Å². The summed E-state index contributed by atoms with van der Waals surface area (Å²) in [5.41, 5.74) is 0.987. The number of carbonyl (C=O) groups is 3. The number of benzene rings is 2. The predicted octanol–water partition coefficient (Wildman–Crippen LogP) is 2.51. The normalized spacial score (nSPS) is 19.5. The number of nitrogens with one attached hydrogen (secondary N) is 2. The van der Waals surface area contributed by atoms with Crippen LogP contribution in [0.15, 0.2) is 54.6 Å². The Morgan fingerprint density at radius 1 is 1.03 bits per heavy atom. The summed E-state index contributed by atoms with van der Waals surface area (Å²) in [7, 11) is 3.31. The van der Waals surface area contributed by atoms with Crippen molar-refractivity contribution in [2.24, 2.45) is 5.92 Å². The Bertz CT molecular complexity index is 986. The second-order valence-corrected chi connectivity index (χ2v) is 9.06. The number of rotatable bonds is 13. The first kappa shape index (κ1) is 25.6. The van der Waals surface area contributed by atoms with Crippen LogP contribution in [0.3, 0.4) is 0 Å². The minimum Gasteiger partial charge on any atom is -0.497 e. The molecule has 1 amide bonds. The van der Waals surface area contributed by atoms with Gasteiger partial charge in [-0.25, -0.2) is 0 Å². The summed E-state index contributed by atoms with van der Waals surface area (Å²) < 4.78 is 10.6. The molecule has 182 valence electrons. The van der Waals surface area contributed by atoms with Crippen LogP contribution in [0.25, 0.3) is 0 Å². The van der Waals surface area contributed by atoms with Gasteiger partial charge in [-0.05, 0) is 57.0 Å². The largest absolute Gasteiger partial charge is 0.497 e. The monoisotopic (exact) mass is 466 g/mol. The van der Waals surface area contributed by atoms with Crippen molar-refractivity contribution in [2.45, 2.75) is 50.8 Å². The van der Waals surface area contributed by atoms with Crippen LogP contribution in [-0.4, -0.2) is 55.9 Å². The van der Waals surface area contributed by atoms with Gasteiger partial charge in [-0.15, -0.1) is 0 Å². The summed E-state index contributed by atoms with van der Waals surface area (Å²) in [6.45, 7) is 3.87. The molecule has 1 heterocycles. The maximum atomic E-state index is 13.5. The lowest BCUT2D eigenvalue weighted by Crippen LogP contribution is -2.50. The Labute approximate surface area is 201 Å². The van der Waals surface area contributed by atoms with Crippen molar-refractivity contribution in [3.05, 3.63) is 65.7 Å². The van der Waals surface area contributed by atoms with Crippen LogP contribution >= 0.6 is 0 Å². The molecule has 0 saturated carbocycles. The van der Waals surface area contributed by atoms with Gasteiger partial charge in [-0.1, -0.05) is 42.5 Å². The summed E-state index contributed by atoms with van der Waals surface area (Å²) >= 11 is 0. The van der Waals surface area contributed by atoms with E-state index >= 15 is 0 Å². The number of amides is 1. The van der Waals surface area contributed by atoms with E-state index in [4.69, 9.17) is 9.47 Å². The Morgan fingerprint density at radius 2 is 1.65 bits per heavy atom. The first-order valence-electron chi connectivity index (χ1n) is 11.6. The molecule has 0 spiro atoms. The fourth-order valence-corrected chi connectivity index (χ4v) is 3.85. The fourth-order valence-electron chi connectivity index (χ4n) is 3.85. The molecule has 3 rings (SSSR count). The molecule has 1 aliphatic rings. The summed E-state index contributed by atoms with van der Waals surface area (Å²) in [4.78, 5) is 39.3. The highest BCUT2D eigenvalue weighted by atomic mass is 16.6. The van der Waals surface area contributed by atoms with Crippen molar-refractivity contribution in [3.8, 4) is 5.75 Å². The molecular formula is C27H34N2O5. The van der Waals surface area contributed by atoms with Gasteiger partial charge in [0.05, 0.1) is 25.8 Å². The molecule has 1 saturated heterocycles. The molecule has 0 radical (unpaired) electrons. The number of epoxide rings is 1. The maximum Gasteiger partial charge on any atom is 0.224 e. The van der Waals surface area contributed by atoms with E-state index in [1.165, 1.54) is 0 Å². The third-order valence-corrected chi connectivity index (χ3v) is 6.39. The van der Waals surface area contributed by atoms with Crippen LogP contribution < -0.4 is 15.4 Å². The second-order valence-electron chi connectivity index (χ2n) is 9.06. The van der Waals surface area contributed by atoms with E-state index in [2.05, 4.69) is 10.6 Å². The van der Waals surface area contributed by atoms with E-state index in [9.17, 15) is 14.4 Å². The number of Topliss-reactive ketones (excluding diaryl/α,β-unsaturated/α-hetero) is 2. The van der Waals surface area contributed by atoms with Gasteiger partial charge in [0.1, 0.15) is 17.1 Å². The Hall–Kier alpha value is -3.03. The molecule has 2 N–H and O–H groups in total. The highest BCUT2D eigenvalue weighted by molar-refractivity contribution is 5.97. The van der Waals surface area contributed by atoms with Crippen molar-refractivity contribution in [1.82, 2.24) is 10.6 Å². The van der Waals surface area contributed by atoms with E-state index < -0.39 is 17.6 Å². The van der Waals surface area contributed by atoms with Gasteiger partial charge in [0, 0.05) is 12.3 Å². The molecule has 1 fully saturated rings. The zero-order chi connectivity index (χ0) is 24.7. The molecule has 2 aromatic rings. The standard InChI is InChI=1S/C27H34N2O5/c1-18(28-3)24(30)16-21(14-20-10-12-22(33-4)13-11-20)26(32)29-23(25(31)27(2)17-34-27)15-19-8-6-5-7-9-19/h5-13,18,21,23,28H,14-17H2,1-4H3,(H,29,32). The average Bonchev–Trinajstić information content (AvgIpc) is 3.61. The van der Waals surface area contributed by atoms with Crippen LogP contribution in [-0.2, 0) is 32.0 Å². The molecular weight excluding hydrogens is 432 g/mol. The number of ether oxygens (including phenoxy) is 2. The maximum absolute atomic E-state index is 13.5. The van der Waals surface area contributed by atoms with Gasteiger partial charge in [-0.2, -0.15) is 0 Å². The average molecular weight is 467 g/mol. The van der Waals surface area contributed by atoms with Crippen LogP contribution in [0, 0.1) is 5.92 Å². The molecule has 0 aromatic heterocycles. The van der Waals surface area contributed by atoms with Crippen molar-refractivity contribution >= 4 is 17.5 Å². The topological polar surface area (TPSA) is 97.0 Å². The lowest BCUT2D eigenvalue weighted by molar-refractivity contribution is -0.134. The van der Waals surface area contributed by atoms with E-state index in [0.29, 0.717) is 19.4 Å². The third kappa shape index (κ3) is 6.74. The lowest BCUT2D eigenvalue weighted by Gasteiger charge is -2.24. The Kier molecular flexibility index (Phi) is 8.58. The highest BCUT2D eigenvalue weighted by Gasteiger charge is 2.50. The van der Waals surface area contributed by atoms with Crippen molar-refractivity contribution in [3.63, 3.8) is 0 Å². The van der Waals surface area contributed by atoms with Crippen molar-refractivity contribution < 1.29 is 23.9 Å².